The Morgan fingerprint density at radius 2 is 1.76 bits per heavy atom. The van der Waals surface area contributed by atoms with Gasteiger partial charge in [0.25, 0.3) is 0 Å². The van der Waals surface area contributed by atoms with Crippen LogP contribution in [0.25, 0.3) is 11.1 Å². The lowest BCUT2D eigenvalue weighted by atomic mass is 9.85. The summed E-state index contributed by atoms with van der Waals surface area (Å²) in [5.41, 5.74) is 4.03. The molecule has 0 aliphatic carbocycles. The maximum atomic E-state index is 13.0. The molecule has 0 spiro atoms. The van der Waals surface area contributed by atoms with Gasteiger partial charge in [-0.05, 0) is 44.9 Å². The first-order chi connectivity index (χ1) is 11.9. The van der Waals surface area contributed by atoms with Gasteiger partial charge in [-0.1, -0.05) is 12.1 Å². The van der Waals surface area contributed by atoms with Gasteiger partial charge in [-0.25, -0.2) is 9.97 Å². The molecule has 1 N–H and O–H groups in total. The van der Waals surface area contributed by atoms with Crippen molar-refractivity contribution in [2.45, 2.75) is 33.1 Å². The third kappa shape index (κ3) is 2.33. The van der Waals surface area contributed by atoms with E-state index in [1.807, 2.05) is 52.0 Å². The summed E-state index contributed by atoms with van der Waals surface area (Å²) >= 11 is 0. The summed E-state index contributed by atoms with van der Waals surface area (Å²) in [6, 6.07) is 7.94. The number of rotatable bonds is 2. The van der Waals surface area contributed by atoms with Crippen molar-refractivity contribution in [3.05, 3.63) is 53.7 Å². The molecule has 3 aromatic rings. The lowest BCUT2D eigenvalue weighted by molar-refractivity contribution is -0.121. The first-order valence-electron chi connectivity index (χ1n) is 8.18. The predicted molar refractivity (Wildman–Crippen MR) is 95.7 cm³/mol. The SMILES string of the molecule is Cc1cc(N2C(=O)C(C)(C)c3ccc(-c4cnc(C)nc4)cc32)[nH]n1. The Morgan fingerprint density at radius 1 is 1.04 bits per heavy atom. The molecule has 2 aromatic heterocycles. The second-order valence-electron chi connectivity index (χ2n) is 6.91. The lowest BCUT2D eigenvalue weighted by Crippen LogP contribution is -2.33. The number of aromatic amines is 1. The second kappa shape index (κ2) is 5.24. The van der Waals surface area contributed by atoms with Crippen LogP contribution in [0.4, 0.5) is 11.5 Å². The standard InChI is InChI=1S/C19H19N5O/c1-11-7-17(23-22-11)24-16-8-13(14-9-20-12(2)21-10-14)5-6-15(16)19(3,4)18(24)25/h5-10H,1-4H3,(H,22,23). The number of amides is 1. The van der Waals surface area contributed by atoms with Crippen LogP contribution in [-0.2, 0) is 10.2 Å². The highest BCUT2D eigenvalue weighted by atomic mass is 16.2. The third-order valence-electron chi connectivity index (χ3n) is 4.70. The van der Waals surface area contributed by atoms with Crippen molar-refractivity contribution < 1.29 is 4.79 Å². The van der Waals surface area contributed by atoms with E-state index in [2.05, 4.69) is 20.2 Å². The Hall–Kier alpha value is -3.02. The molecule has 1 aliphatic heterocycles. The maximum absolute atomic E-state index is 13.0. The maximum Gasteiger partial charge on any atom is 0.242 e. The fourth-order valence-electron chi connectivity index (χ4n) is 3.23. The van der Waals surface area contributed by atoms with Gasteiger partial charge in [0.1, 0.15) is 11.6 Å². The zero-order valence-electron chi connectivity index (χ0n) is 14.7. The van der Waals surface area contributed by atoms with Gasteiger partial charge < -0.3 is 0 Å². The van der Waals surface area contributed by atoms with Gasteiger partial charge in [0.2, 0.25) is 5.91 Å². The molecular weight excluding hydrogens is 314 g/mol. The quantitative estimate of drug-likeness (QED) is 0.779. The van der Waals surface area contributed by atoms with Crippen LogP contribution in [0.2, 0.25) is 0 Å². The highest BCUT2D eigenvalue weighted by Crippen LogP contribution is 2.46. The summed E-state index contributed by atoms with van der Waals surface area (Å²) in [6.07, 6.45) is 3.60. The number of carbonyl (C=O) groups is 1. The molecule has 25 heavy (non-hydrogen) atoms. The van der Waals surface area contributed by atoms with E-state index < -0.39 is 5.41 Å². The summed E-state index contributed by atoms with van der Waals surface area (Å²) in [5.74, 6) is 1.45. The van der Waals surface area contributed by atoms with E-state index in [0.29, 0.717) is 5.82 Å². The third-order valence-corrected chi connectivity index (χ3v) is 4.70. The predicted octanol–water partition coefficient (Wildman–Crippen LogP) is 3.44. The van der Waals surface area contributed by atoms with E-state index in [4.69, 9.17) is 0 Å². The molecule has 126 valence electrons. The Morgan fingerprint density at radius 3 is 2.40 bits per heavy atom. The summed E-state index contributed by atoms with van der Waals surface area (Å²) in [4.78, 5) is 23.3. The Labute approximate surface area is 145 Å². The molecule has 1 aromatic carbocycles. The molecule has 3 heterocycles. The molecule has 0 saturated carbocycles. The number of aryl methyl sites for hydroxylation is 2. The van der Waals surface area contributed by atoms with Crippen molar-refractivity contribution in [3.63, 3.8) is 0 Å². The number of hydrogen-bond acceptors (Lipinski definition) is 4. The minimum absolute atomic E-state index is 0.0310. The normalized spacial score (nSPS) is 15.5. The van der Waals surface area contributed by atoms with Gasteiger partial charge in [-0.2, -0.15) is 5.10 Å². The first kappa shape index (κ1) is 15.5. The van der Waals surface area contributed by atoms with Gasteiger partial charge in [0, 0.05) is 24.0 Å². The summed E-state index contributed by atoms with van der Waals surface area (Å²) in [6.45, 7) is 7.65. The van der Waals surface area contributed by atoms with E-state index in [0.717, 1.165) is 33.9 Å². The number of fused-ring (bicyclic) bond motifs is 1. The molecule has 0 radical (unpaired) electrons. The number of carbonyl (C=O) groups excluding carboxylic acids is 1. The minimum Gasteiger partial charge on any atom is -0.273 e. The van der Waals surface area contributed by atoms with Crippen molar-refractivity contribution in [1.82, 2.24) is 20.2 Å². The molecule has 1 amide bonds. The summed E-state index contributed by atoms with van der Waals surface area (Å²) in [5, 5.41) is 7.12. The topological polar surface area (TPSA) is 74.8 Å². The smallest absolute Gasteiger partial charge is 0.242 e. The molecule has 0 unspecified atom stereocenters. The average molecular weight is 333 g/mol. The zero-order chi connectivity index (χ0) is 17.8. The average Bonchev–Trinajstić information content (AvgIpc) is 3.08. The number of aromatic nitrogens is 4. The van der Waals surface area contributed by atoms with Crippen molar-refractivity contribution in [3.8, 4) is 11.1 Å². The number of hydrogen-bond donors (Lipinski definition) is 1. The summed E-state index contributed by atoms with van der Waals surface area (Å²) < 4.78 is 0. The minimum atomic E-state index is -0.587. The van der Waals surface area contributed by atoms with Crippen molar-refractivity contribution in [2.24, 2.45) is 0 Å². The monoisotopic (exact) mass is 333 g/mol. The Balaban J connectivity index is 1.88. The van der Waals surface area contributed by atoms with Gasteiger partial charge in [0.05, 0.1) is 16.8 Å². The van der Waals surface area contributed by atoms with Gasteiger partial charge >= 0.3 is 0 Å². The van der Waals surface area contributed by atoms with Crippen molar-refractivity contribution in [1.29, 1.82) is 0 Å². The fraction of sp³-hybridized carbons (Fsp3) is 0.263. The van der Waals surface area contributed by atoms with Crippen LogP contribution in [0.5, 0.6) is 0 Å². The highest BCUT2D eigenvalue weighted by Gasteiger charge is 2.45. The number of nitrogens with zero attached hydrogens (tertiary/aromatic N) is 4. The van der Waals surface area contributed by atoms with Crippen LogP contribution in [0, 0.1) is 13.8 Å². The van der Waals surface area contributed by atoms with Gasteiger partial charge in [-0.15, -0.1) is 0 Å². The second-order valence-corrected chi connectivity index (χ2v) is 6.91. The largest absolute Gasteiger partial charge is 0.273 e. The molecule has 1 aliphatic rings. The number of anilines is 2. The number of nitrogens with one attached hydrogen (secondary N) is 1. The molecule has 0 saturated heterocycles. The molecule has 4 rings (SSSR count). The van der Waals surface area contributed by atoms with Crippen LogP contribution in [-0.4, -0.2) is 26.1 Å². The molecule has 0 bridgehead atoms. The summed E-state index contributed by atoms with van der Waals surface area (Å²) in [7, 11) is 0. The van der Waals surface area contributed by atoms with E-state index in [1.165, 1.54) is 0 Å². The van der Waals surface area contributed by atoms with Crippen LogP contribution < -0.4 is 4.90 Å². The van der Waals surface area contributed by atoms with Crippen LogP contribution >= 0.6 is 0 Å². The molecular formula is C19H19N5O. The van der Waals surface area contributed by atoms with Gasteiger partial charge in [0.15, 0.2) is 0 Å². The Kier molecular flexibility index (Phi) is 3.25. The fourth-order valence-corrected chi connectivity index (χ4v) is 3.23. The van der Waals surface area contributed by atoms with Crippen LogP contribution in [0.3, 0.4) is 0 Å². The molecule has 6 heteroatoms. The molecule has 0 atom stereocenters. The lowest BCUT2D eigenvalue weighted by Gasteiger charge is -2.18. The van der Waals surface area contributed by atoms with E-state index in [-0.39, 0.29) is 5.91 Å². The van der Waals surface area contributed by atoms with Gasteiger partial charge in [-0.3, -0.25) is 14.8 Å². The van der Waals surface area contributed by atoms with Crippen LogP contribution in [0.15, 0.2) is 36.7 Å². The number of H-pyrrole nitrogens is 1. The van der Waals surface area contributed by atoms with Crippen molar-refractivity contribution >= 4 is 17.4 Å². The molecule has 6 nitrogen and oxygen atoms in total. The number of benzene rings is 1. The zero-order valence-corrected chi connectivity index (χ0v) is 14.7. The first-order valence-corrected chi connectivity index (χ1v) is 8.18. The van der Waals surface area contributed by atoms with E-state index >= 15 is 0 Å². The van der Waals surface area contributed by atoms with E-state index in [1.54, 1.807) is 17.3 Å². The van der Waals surface area contributed by atoms with E-state index in [9.17, 15) is 4.79 Å². The molecule has 0 fully saturated rings. The Bertz CT molecular complexity index is 972. The van der Waals surface area contributed by atoms with Crippen LogP contribution in [0.1, 0.15) is 30.9 Å². The highest BCUT2D eigenvalue weighted by molar-refractivity contribution is 6.12. The van der Waals surface area contributed by atoms with Crippen molar-refractivity contribution in [2.75, 3.05) is 4.90 Å².